The lowest BCUT2D eigenvalue weighted by molar-refractivity contribution is 0.112. The van der Waals surface area contributed by atoms with Crippen LogP contribution in [0.15, 0.2) is 24.3 Å². The molecule has 0 radical (unpaired) electrons. The Hall–Kier alpha value is -0.930. The van der Waals surface area contributed by atoms with E-state index in [0.717, 1.165) is 25.1 Å². The molecule has 1 unspecified atom stereocenters. The Bertz CT molecular complexity index is 337. The molecule has 0 bridgehead atoms. The van der Waals surface area contributed by atoms with E-state index < -0.39 is 0 Å². The number of nitrogens with zero attached hydrogens (tertiary/aromatic N) is 1. The molecular formula is C14H20FNO. The Kier molecular flexibility index (Phi) is 4.51. The molecule has 94 valence electrons. The number of piperidine rings is 1. The zero-order valence-corrected chi connectivity index (χ0v) is 10.1. The average molecular weight is 237 g/mol. The van der Waals surface area contributed by atoms with Gasteiger partial charge in [0.1, 0.15) is 5.82 Å². The minimum Gasteiger partial charge on any atom is -0.396 e. The normalized spacial score (nSPS) is 21.6. The molecule has 1 heterocycles. The van der Waals surface area contributed by atoms with Gasteiger partial charge in [0.15, 0.2) is 0 Å². The minimum absolute atomic E-state index is 0.181. The maximum absolute atomic E-state index is 12.8. The van der Waals surface area contributed by atoms with Crippen LogP contribution in [0.4, 0.5) is 4.39 Å². The number of rotatable bonds is 4. The van der Waals surface area contributed by atoms with Gasteiger partial charge in [0, 0.05) is 19.2 Å². The van der Waals surface area contributed by atoms with Gasteiger partial charge in [-0.1, -0.05) is 18.6 Å². The molecule has 1 aromatic carbocycles. The molecule has 1 aromatic rings. The van der Waals surface area contributed by atoms with Gasteiger partial charge >= 0.3 is 0 Å². The van der Waals surface area contributed by atoms with E-state index in [-0.39, 0.29) is 12.4 Å². The molecule has 1 N–H and O–H groups in total. The zero-order chi connectivity index (χ0) is 12.1. The van der Waals surface area contributed by atoms with Gasteiger partial charge in [-0.25, -0.2) is 4.39 Å². The van der Waals surface area contributed by atoms with Crippen LogP contribution in [0.2, 0.25) is 0 Å². The lowest BCUT2D eigenvalue weighted by Crippen LogP contribution is -2.39. The molecule has 2 nitrogen and oxygen atoms in total. The Morgan fingerprint density at radius 2 is 2.00 bits per heavy atom. The maximum atomic E-state index is 12.8. The zero-order valence-electron chi connectivity index (χ0n) is 10.1. The monoisotopic (exact) mass is 237 g/mol. The highest BCUT2D eigenvalue weighted by atomic mass is 19.1. The van der Waals surface area contributed by atoms with Crippen molar-refractivity contribution < 1.29 is 9.50 Å². The second-order valence-electron chi connectivity index (χ2n) is 4.76. The Labute approximate surface area is 102 Å². The van der Waals surface area contributed by atoms with Crippen molar-refractivity contribution in [2.75, 3.05) is 13.2 Å². The van der Waals surface area contributed by atoms with Crippen molar-refractivity contribution in [3.05, 3.63) is 35.6 Å². The summed E-state index contributed by atoms with van der Waals surface area (Å²) in [6, 6.07) is 7.21. The van der Waals surface area contributed by atoms with E-state index in [4.69, 9.17) is 5.11 Å². The van der Waals surface area contributed by atoms with E-state index in [9.17, 15) is 4.39 Å². The van der Waals surface area contributed by atoms with Crippen molar-refractivity contribution in [1.29, 1.82) is 0 Å². The molecule has 3 heteroatoms. The Morgan fingerprint density at radius 1 is 1.24 bits per heavy atom. The van der Waals surface area contributed by atoms with Gasteiger partial charge in [-0.15, -0.1) is 0 Å². The van der Waals surface area contributed by atoms with Crippen LogP contribution in [0, 0.1) is 5.82 Å². The summed E-state index contributed by atoms with van der Waals surface area (Å²) in [6.07, 6.45) is 4.50. The van der Waals surface area contributed by atoms with E-state index in [1.807, 2.05) is 12.1 Å². The smallest absolute Gasteiger partial charge is 0.123 e. The second kappa shape index (κ2) is 6.12. The van der Waals surface area contributed by atoms with Gasteiger partial charge in [-0.05, 0) is 43.5 Å². The topological polar surface area (TPSA) is 23.5 Å². The minimum atomic E-state index is -0.181. The summed E-state index contributed by atoms with van der Waals surface area (Å²) < 4.78 is 12.8. The molecule has 0 spiro atoms. The highest BCUT2D eigenvalue weighted by Crippen LogP contribution is 2.21. The standard InChI is InChI=1S/C14H20FNO/c15-13-6-4-12(5-7-13)11-16-9-2-1-3-14(16)8-10-17/h4-7,14,17H,1-3,8-11H2. The van der Waals surface area contributed by atoms with Crippen molar-refractivity contribution >= 4 is 0 Å². The predicted molar refractivity (Wildman–Crippen MR) is 66.2 cm³/mol. The van der Waals surface area contributed by atoms with Gasteiger partial charge in [0.2, 0.25) is 0 Å². The summed E-state index contributed by atoms with van der Waals surface area (Å²) in [7, 11) is 0. The highest BCUT2D eigenvalue weighted by Gasteiger charge is 2.21. The number of hydrogen-bond donors (Lipinski definition) is 1. The number of aliphatic hydroxyl groups excluding tert-OH is 1. The third-order valence-corrected chi connectivity index (χ3v) is 3.51. The SMILES string of the molecule is OCCC1CCCCN1Cc1ccc(F)cc1. The summed E-state index contributed by atoms with van der Waals surface area (Å²) in [5.74, 6) is -0.181. The molecule has 0 saturated carbocycles. The van der Waals surface area contributed by atoms with Crippen LogP contribution in [-0.2, 0) is 6.54 Å². The predicted octanol–water partition coefficient (Wildman–Crippen LogP) is 2.56. The Morgan fingerprint density at radius 3 is 2.71 bits per heavy atom. The summed E-state index contributed by atoms with van der Waals surface area (Å²) in [6.45, 7) is 2.21. The van der Waals surface area contributed by atoms with Gasteiger partial charge in [0.25, 0.3) is 0 Å². The van der Waals surface area contributed by atoms with Crippen molar-refractivity contribution in [3.63, 3.8) is 0 Å². The first-order chi connectivity index (χ1) is 8.29. The van der Waals surface area contributed by atoms with Gasteiger partial charge in [-0.3, -0.25) is 4.90 Å². The van der Waals surface area contributed by atoms with Crippen molar-refractivity contribution in [2.24, 2.45) is 0 Å². The number of likely N-dealkylation sites (tertiary alicyclic amines) is 1. The van der Waals surface area contributed by atoms with Gasteiger partial charge in [-0.2, -0.15) is 0 Å². The third-order valence-electron chi connectivity index (χ3n) is 3.51. The van der Waals surface area contributed by atoms with E-state index in [0.29, 0.717) is 6.04 Å². The molecule has 1 saturated heterocycles. The number of benzene rings is 1. The fourth-order valence-corrected chi connectivity index (χ4v) is 2.57. The lowest BCUT2D eigenvalue weighted by Gasteiger charge is -2.35. The first-order valence-electron chi connectivity index (χ1n) is 6.39. The van der Waals surface area contributed by atoms with E-state index in [1.165, 1.54) is 31.4 Å². The van der Waals surface area contributed by atoms with Crippen LogP contribution >= 0.6 is 0 Å². The first-order valence-corrected chi connectivity index (χ1v) is 6.39. The van der Waals surface area contributed by atoms with Crippen LogP contribution in [0.1, 0.15) is 31.2 Å². The van der Waals surface area contributed by atoms with Crippen molar-refractivity contribution in [3.8, 4) is 0 Å². The van der Waals surface area contributed by atoms with E-state index in [1.54, 1.807) is 0 Å². The lowest BCUT2D eigenvalue weighted by atomic mass is 9.99. The molecule has 0 aliphatic carbocycles. The molecular weight excluding hydrogens is 217 g/mol. The van der Waals surface area contributed by atoms with Crippen molar-refractivity contribution in [2.45, 2.75) is 38.3 Å². The quantitative estimate of drug-likeness (QED) is 0.870. The van der Waals surface area contributed by atoms with E-state index in [2.05, 4.69) is 4.90 Å². The van der Waals surface area contributed by atoms with Gasteiger partial charge in [0.05, 0.1) is 0 Å². The largest absolute Gasteiger partial charge is 0.396 e. The molecule has 1 aliphatic rings. The summed E-state index contributed by atoms with van der Waals surface area (Å²) in [5, 5.41) is 9.06. The molecule has 17 heavy (non-hydrogen) atoms. The van der Waals surface area contributed by atoms with Crippen LogP contribution in [0.25, 0.3) is 0 Å². The number of halogens is 1. The number of hydrogen-bond acceptors (Lipinski definition) is 2. The first kappa shape index (κ1) is 12.5. The van der Waals surface area contributed by atoms with Crippen LogP contribution in [0.5, 0.6) is 0 Å². The molecule has 1 aliphatic heterocycles. The van der Waals surface area contributed by atoms with Crippen molar-refractivity contribution in [1.82, 2.24) is 4.90 Å². The van der Waals surface area contributed by atoms with E-state index >= 15 is 0 Å². The average Bonchev–Trinajstić information content (AvgIpc) is 2.35. The molecule has 0 amide bonds. The Balaban J connectivity index is 1.97. The van der Waals surface area contributed by atoms with Crippen LogP contribution in [0.3, 0.4) is 0 Å². The molecule has 0 aromatic heterocycles. The molecule has 2 rings (SSSR count). The fraction of sp³-hybridized carbons (Fsp3) is 0.571. The summed E-state index contributed by atoms with van der Waals surface area (Å²) >= 11 is 0. The third kappa shape index (κ3) is 3.51. The van der Waals surface area contributed by atoms with Crippen LogP contribution in [-0.4, -0.2) is 29.2 Å². The highest BCUT2D eigenvalue weighted by molar-refractivity contribution is 5.16. The summed E-state index contributed by atoms with van der Waals surface area (Å²) in [4.78, 5) is 2.41. The second-order valence-corrected chi connectivity index (χ2v) is 4.76. The number of aliphatic hydroxyl groups is 1. The summed E-state index contributed by atoms with van der Waals surface area (Å²) in [5.41, 5.74) is 1.15. The maximum Gasteiger partial charge on any atom is 0.123 e. The van der Waals surface area contributed by atoms with Crippen LogP contribution < -0.4 is 0 Å². The van der Waals surface area contributed by atoms with Gasteiger partial charge < -0.3 is 5.11 Å². The molecule has 1 atom stereocenters. The fourth-order valence-electron chi connectivity index (χ4n) is 2.57. The molecule has 1 fully saturated rings.